The fourth-order valence-electron chi connectivity index (χ4n) is 1.63. The summed E-state index contributed by atoms with van der Waals surface area (Å²) in [6, 6.07) is 0. The standard InChI is InChI=1S/C10H22N2O/c1-9-10(4-7-13-9)8-11-5-6-12(2)3/h9-11H,4-8H2,1-3H3. The van der Waals surface area contributed by atoms with Crippen molar-refractivity contribution in [1.29, 1.82) is 0 Å². The van der Waals surface area contributed by atoms with E-state index < -0.39 is 0 Å². The Hall–Kier alpha value is -0.120. The Labute approximate surface area is 81.4 Å². The van der Waals surface area contributed by atoms with E-state index in [0.29, 0.717) is 6.10 Å². The molecule has 1 fully saturated rings. The van der Waals surface area contributed by atoms with Gasteiger partial charge in [0.05, 0.1) is 6.10 Å². The number of rotatable bonds is 5. The lowest BCUT2D eigenvalue weighted by atomic mass is 10.0. The van der Waals surface area contributed by atoms with Crippen molar-refractivity contribution in [1.82, 2.24) is 10.2 Å². The van der Waals surface area contributed by atoms with Gasteiger partial charge in [0.15, 0.2) is 0 Å². The van der Waals surface area contributed by atoms with Gasteiger partial charge in [0.2, 0.25) is 0 Å². The molecule has 2 unspecified atom stereocenters. The fourth-order valence-corrected chi connectivity index (χ4v) is 1.63. The fraction of sp³-hybridized carbons (Fsp3) is 1.00. The largest absolute Gasteiger partial charge is 0.378 e. The highest BCUT2D eigenvalue weighted by molar-refractivity contribution is 4.74. The van der Waals surface area contributed by atoms with Crippen LogP contribution in [0.4, 0.5) is 0 Å². The van der Waals surface area contributed by atoms with E-state index in [1.54, 1.807) is 0 Å². The molecule has 1 heterocycles. The molecule has 0 radical (unpaired) electrons. The summed E-state index contributed by atoms with van der Waals surface area (Å²) in [5.74, 6) is 0.724. The van der Waals surface area contributed by atoms with Crippen LogP contribution in [-0.4, -0.2) is 51.3 Å². The molecule has 3 heteroatoms. The molecular formula is C10H22N2O. The molecule has 1 saturated heterocycles. The minimum absolute atomic E-state index is 0.451. The Balaban J connectivity index is 1.99. The van der Waals surface area contributed by atoms with E-state index in [1.807, 2.05) is 0 Å². The van der Waals surface area contributed by atoms with Gasteiger partial charge in [0.1, 0.15) is 0 Å². The highest BCUT2D eigenvalue weighted by Gasteiger charge is 2.23. The first-order valence-electron chi connectivity index (χ1n) is 5.17. The maximum Gasteiger partial charge on any atom is 0.0588 e. The van der Waals surface area contributed by atoms with E-state index in [9.17, 15) is 0 Å². The number of likely N-dealkylation sites (N-methyl/N-ethyl adjacent to an activating group) is 1. The van der Waals surface area contributed by atoms with Crippen LogP contribution in [0.5, 0.6) is 0 Å². The normalized spacial score (nSPS) is 28.6. The van der Waals surface area contributed by atoms with Crippen molar-refractivity contribution in [2.75, 3.05) is 40.3 Å². The van der Waals surface area contributed by atoms with Crippen LogP contribution in [0.3, 0.4) is 0 Å². The molecule has 1 N–H and O–H groups in total. The Morgan fingerprint density at radius 1 is 1.46 bits per heavy atom. The Morgan fingerprint density at radius 3 is 2.77 bits per heavy atom. The smallest absolute Gasteiger partial charge is 0.0588 e. The number of ether oxygens (including phenoxy) is 1. The summed E-state index contributed by atoms with van der Waals surface area (Å²) >= 11 is 0. The second-order valence-corrected chi connectivity index (χ2v) is 4.13. The quantitative estimate of drug-likeness (QED) is 0.635. The van der Waals surface area contributed by atoms with E-state index >= 15 is 0 Å². The molecule has 0 saturated carbocycles. The van der Waals surface area contributed by atoms with Crippen LogP contribution < -0.4 is 5.32 Å². The summed E-state index contributed by atoms with van der Waals surface area (Å²) in [6.45, 7) is 6.42. The number of nitrogens with one attached hydrogen (secondary N) is 1. The van der Waals surface area contributed by atoms with Gasteiger partial charge in [-0.3, -0.25) is 0 Å². The zero-order valence-electron chi connectivity index (χ0n) is 9.05. The lowest BCUT2D eigenvalue weighted by molar-refractivity contribution is 0.105. The molecule has 0 aromatic carbocycles. The SMILES string of the molecule is CC1OCCC1CNCCN(C)C. The number of hydrogen-bond acceptors (Lipinski definition) is 3. The highest BCUT2D eigenvalue weighted by Crippen LogP contribution is 2.18. The van der Waals surface area contributed by atoms with Gasteiger partial charge >= 0.3 is 0 Å². The minimum Gasteiger partial charge on any atom is -0.378 e. The van der Waals surface area contributed by atoms with Crippen molar-refractivity contribution in [3.05, 3.63) is 0 Å². The summed E-state index contributed by atoms with van der Waals surface area (Å²) in [5, 5.41) is 3.47. The van der Waals surface area contributed by atoms with Crippen molar-refractivity contribution in [3.63, 3.8) is 0 Å². The summed E-state index contributed by atoms with van der Waals surface area (Å²) in [7, 11) is 4.20. The van der Waals surface area contributed by atoms with Crippen LogP contribution in [0.15, 0.2) is 0 Å². The van der Waals surface area contributed by atoms with Gasteiger partial charge in [-0.1, -0.05) is 0 Å². The average molecular weight is 186 g/mol. The molecular weight excluding hydrogens is 164 g/mol. The molecule has 0 amide bonds. The van der Waals surface area contributed by atoms with Crippen LogP contribution in [0.25, 0.3) is 0 Å². The number of nitrogens with zero attached hydrogens (tertiary/aromatic N) is 1. The third-order valence-corrected chi connectivity index (χ3v) is 2.68. The first kappa shape index (κ1) is 11.0. The van der Waals surface area contributed by atoms with E-state index in [4.69, 9.17) is 4.74 Å². The molecule has 0 spiro atoms. The van der Waals surface area contributed by atoms with Crippen molar-refractivity contribution in [2.24, 2.45) is 5.92 Å². The molecule has 78 valence electrons. The Morgan fingerprint density at radius 2 is 2.23 bits per heavy atom. The summed E-state index contributed by atoms with van der Waals surface area (Å²) < 4.78 is 5.49. The van der Waals surface area contributed by atoms with Gasteiger partial charge in [-0.05, 0) is 33.4 Å². The van der Waals surface area contributed by atoms with Gasteiger partial charge in [-0.25, -0.2) is 0 Å². The predicted molar refractivity (Wildman–Crippen MR) is 54.9 cm³/mol. The molecule has 0 bridgehead atoms. The minimum atomic E-state index is 0.451. The predicted octanol–water partition coefficient (Wildman–Crippen LogP) is 0.563. The van der Waals surface area contributed by atoms with E-state index in [2.05, 4.69) is 31.2 Å². The van der Waals surface area contributed by atoms with Gasteiger partial charge < -0.3 is 15.0 Å². The lowest BCUT2D eigenvalue weighted by Crippen LogP contribution is -2.32. The molecule has 0 aliphatic carbocycles. The maximum atomic E-state index is 5.49. The van der Waals surface area contributed by atoms with Gasteiger partial charge in [0, 0.05) is 26.2 Å². The van der Waals surface area contributed by atoms with Crippen LogP contribution in [0.2, 0.25) is 0 Å². The Bertz CT molecular complexity index is 139. The summed E-state index contributed by atoms with van der Waals surface area (Å²) in [4.78, 5) is 2.20. The van der Waals surface area contributed by atoms with Crippen LogP contribution in [0, 0.1) is 5.92 Å². The van der Waals surface area contributed by atoms with Gasteiger partial charge in [-0.2, -0.15) is 0 Å². The summed E-state index contributed by atoms with van der Waals surface area (Å²) in [5.41, 5.74) is 0. The van der Waals surface area contributed by atoms with E-state index in [1.165, 1.54) is 6.42 Å². The molecule has 0 aromatic heterocycles. The zero-order chi connectivity index (χ0) is 9.68. The first-order chi connectivity index (χ1) is 6.20. The highest BCUT2D eigenvalue weighted by atomic mass is 16.5. The second-order valence-electron chi connectivity index (χ2n) is 4.13. The van der Waals surface area contributed by atoms with Crippen molar-refractivity contribution >= 4 is 0 Å². The molecule has 1 aliphatic heterocycles. The van der Waals surface area contributed by atoms with Gasteiger partial charge in [-0.15, -0.1) is 0 Å². The van der Waals surface area contributed by atoms with E-state index in [0.717, 1.165) is 32.2 Å². The Kier molecular flexibility index (Phi) is 4.70. The molecule has 1 aliphatic rings. The number of hydrogen-bond donors (Lipinski definition) is 1. The monoisotopic (exact) mass is 186 g/mol. The van der Waals surface area contributed by atoms with E-state index in [-0.39, 0.29) is 0 Å². The van der Waals surface area contributed by atoms with Gasteiger partial charge in [0.25, 0.3) is 0 Å². The molecule has 1 rings (SSSR count). The van der Waals surface area contributed by atoms with Crippen LogP contribution in [-0.2, 0) is 4.74 Å². The van der Waals surface area contributed by atoms with Crippen LogP contribution in [0.1, 0.15) is 13.3 Å². The molecule has 0 aromatic rings. The topological polar surface area (TPSA) is 24.5 Å². The van der Waals surface area contributed by atoms with Crippen molar-refractivity contribution in [3.8, 4) is 0 Å². The molecule has 2 atom stereocenters. The average Bonchev–Trinajstić information content (AvgIpc) is 2.45. The molecule has 3 nitrogen and oxygen atoms in total. The zero-order valence-corrected chi connectivity index (χ0v) is 9.05. The first-order valence-corrected chi connectivity index (χ1v) is 5.17. The lowest BCUT2D eigenvalue weighted by Gasteiger charge is -2.16. The van der Waals surface area contributed by atoms with Crippen molar-refractivity contribution in [2.45, 2.75) is 19.4 Å². The van der Waals surface area contributed by atoms with Crippen LogP contribution >= 0.6 is 0 Å². The second kappa shape index (κ2) is 5.58. The maximum absolute atomic E-state index is 5.49. The molecule has 13 heavy (non-hydrogen) atoms. The third-order valence-electron chi connectivity index (χ3n) is 2.68. The third kappa shape index (κ3) is 4.07. The summed E-state index contributed by atoms with van der Waals surface area (Å²) in [6.07, 6.45) is 1.67. The van der Waals surface area contributed by atoms with Crippen molar-refractivity contribution < 1.29 is 4.74 Å².